The Kier molecular flexibility index (Phi) is 4.38. The first-order chi connectivity index (χ1) is 7.36. The molecule has 88 valence electrons. The highest BCUT2D eigenvalue weighted by atomic mass is 79.9. The highest BCUT2D eigenvalue weighted by molar-refractivity contribution is 9.09. The van der Waals surface area contributed by atoms with Crippen molar-refractivity contribution in [3.8, 4) is 0 Å². The lowest BCUT2D eigenvalue weighted by molar-refractivity contribution is -0.138. The third kappa shape index (κ3) is 3.22. The van der Waals surface area contributed by atoms with Crippen LogP contribution < -0.4 is 0 Å². The summed E-state index contributed by atoms with van der Waals surface area (Å²) in [7, 11) is 0. The van der Waals surface area contributed by atoms with Gasteiger partial charge in [0.25, 0.3) is 5.24 Å². The fourth-order valence-electron chi connectivity index (χ4n) is 1.28. The van der Waals surface area contributed by atoms with E-state index in [1.165, 1.54) is 12.1 Å². The van der Waals surface area contributed by atoms with Crippen molar-refractivity contribution in [2.45, 2.75) is 12.6 Å². The van der Waals surface area contributed by atoms with Gasteiger partial charge in [-0.25, -0.2) is 0 Å². The third-order valence-electron chi connectivity index (χ3n) is 2.01. The fraction of sp³-hybridized carbons (Fsp3) is 0.300. The lowest BCUT2D eigenvalue weighted by Crippen LogP contribution is -2.11. The Bertz CT molecular complexity index is 404. The highest BCUT2D eigenvalue weighted by Crippen LogP contribution is 2.33. The van der Waals surface area contributed by atoms with Crippen LogP contribution in [0.25, 0.3) is 0 Å². The van der Waals surface area contributed by atoms with E-state index in [9.17, 15) is 18.0 Å². The number of carbonyl (C=O) groups excluding carboxylic acids is 1. The molecule has 16 heavy (non-hydrogen) atoms. The molecule has 0 saturated carbocycles. The van der Waals surface area contributed by atoms with Gasteiger partial charge in [0.1, 0.15) is 0 Å². The maximum absolute atomic E-state index is 12.6. The quantitative estimate of drug-likeness (QED) is 0.608. The molecule has 0 amide bonds. The average molecular weight is 316 g/mol. The van der Waals surface area contributed by atoms with E-state index in [1.807, 2.05) is 0 Å². The molecule has 6 heteroatoms. The summed E-state index contributed by atoms with van der Waals surface area (Å²) in [4.78, 5) is 10.8. The largest absolute Gasteiger partial charge is 0.416 e. The Balaban J connectivity index is 3.27. The molecular formula is C10H7BrClF3O. The van der Waals surface area contributed by atoms with Crippen molar-refractivity contribution in [2.75, 3.05) is 5.33 Å². The van der Waals surface area contributed by atoms with Gasteiger partial charge >= 0.3 is 6.18 Å². The van der Waals surface area contributed by atoms with Gasteiger partial charge in [-0.15, -0.1) is 0 Å². The molecular weight excluding hydrogens is 308 g/mol. The summed E-state index contributed by atoms with van der Waals surface area (Å²) in [6.07, 6.45) is -4.23. The van der Waals surface area contributed by atoms with Crippen LogP contribution in [-0.2, 0) is 12.6 Å². The summed E-state index contributed by atoms with van der Waals surface area (Å²) < 4.78 is 37.9. The molecule has 0 aliphatic rings. The smallest absolute Gasteiger partial charge is 0.276 e. The van der Waals surface area contributed by atoms with Gasteiger partial charge in [-0.2, -0.15) is 13.2 Å². The first-order valence-corrected chi connectivity index (χ1v) is 5.82. The van der Waals surface area contributed by atoms with E-state index >= 15 is 0 Å². The Morgan fingerprint density at radius 3 is 2.44 bits per heavy atom. The molecule has 0 aliphatic heterocycles. The summed E-state index contributed by atoms with van der Waals surface area (Å²) >= 11 is 8.21. The fourth-order valence-corrected chi connectivity index (χ4v) is 1.83. The average Bonchev–Trinajstić information content (AvgIpc) is 2.16. The molecule has 1 aromatic rings. The Labute approximate surface area is 104 Å². The minimum atomic E-state index is -4.47. The summed E-state index contributed by atoms with van der Waals surface area (Å²) in [6, 6.07) is 3.36. The normalized spacial score (nSPS) is 11.6. The van der Waals surface area contributed by atoms with Crippen molar-refractivity contribution in [3.05, 3.63) is 34.9 Å². The minimum Gasteiger partial charge on any atom is -0.276 e. The molecule has 0 radical (unpaired) electrons. The van der Waals surface area contributed by atoms with Gasteiger partial charge in [-0.1, -0.05) is 22.0 Å². The number of rotatable bonds is 3. The lowest BCUT2D eigenvalue weighted by atomic mass is 10.0. The second-order valence-electron chi connectivity index (χ2n) is 3.08. The zero-order chi connectivity index (χ0) is 12.3. The zero-order valence-electron chi connectivity index (χ0n) is 7.94. The molecule has 1 nitrogen and oxygen atoms in total. The molecule has 0 aromatic heterocycles. The third-order valence-corrected chi connectivity index (χ3v) is 2.62. The Morgan fingerprint density at radius 1 is 1.38 bits per heavy atom. The molecule has 0 unspecified atom stereocenters. The van der Waals surface area contributed by atoms with Gasteiger partial charge in [-0.05, 0) is 35.7 Å². The molecule has 0 fully saturated rings. The molecule has 0 heterocycles. The first kappa shape index (κ1) is 13.5. The number of halogens is 5. The van der Waals surface area contributed by atoms with Crippen molar-refractivity contribution in [3.63, 3.8) is 0 Å². The zero-order valence-corrected chi connectivity index (χ0v) is 10.3. The van der Waals surface area contributed by atoms with Crippen molar-refractivity contribution < 1.29 is 18.0 Å². The van der Waals surface area contributed by atoms with Gasteiger partial charge in [0, 0.05) is 10.9 Å². The summed E-state index contributed by atoms with van der Waals surface area (Å²) in [5.74, 6) is 0. The van der Waals surface area contributed by atoms with Crippen molar-refractivity contribution in [1.82, 2.24) is 0 Å². The topological polar surface area (TPSA) is 17.1 Å². The van der Waals surface area contributed by atoms with Crippen LogP contribution in [-0.4, -0.2) is 10.6 Å². The van der Waals surface area contributed by atoms with Crippen LogP contribution in [0.1, 0.15) is 21.5 Å². The molecule has 0 atom stereocenters. The van der Waals surface area contributed by atoms with E-state index < -0.39 is 17.0 Å². The number of alkyl halides is 4. The van der Waals surface area contributed by atoms with E-state index in [2.05, 4.69) is 15.9 Å². The number of hydrogen-bond donors (Lipinski definition) is 0. The number of aryl methyl sites for hydroxylation is 1. The SMILES string of the molecule is O=C(Cl)c1ccc(CCBr)c(C(F)(F)F)c1. The van der Waals surface area contributed by atoms with Gasteiger partial charge in [-0.3, -0.25) is 4.79 Å². The van der Waals surface area contributed by atoms with Crippen LogP contribution >= 0.6 is 27.5 Å². The van der Waals surface area contributed by atoms with Crippen LogP contribution in [0.15, 0.2) is 18.2 Å². The number of benzene rings is 1. The Morgan fingerprint density at radius 2 is 2.00 bits per heavy atom. The van der Waals surface area contributed by atoms with Crippen LogP contribution in [0.3, 0.4) is 0 Å². The molecule has 0 spiro atoms. The van der Waals surface area contributed by atoms with Crippen LogP contribution in [0.4, 0.5) is 13.2 Å². The summed E-state index contributed by atoms with van der Waals surface area (Å²) in [5, 5.41) is -0.472. The number of hydrogen-bond acceptors (Lipinski definition) is 1. The maximum Gasteiger partial charge on any atom is 0.416 e. The van der Waals surface area contributed by atoms with Gasteiger partial charge in [0.15, 0.2) is 0 Å². The lowest BCUT2D eigenvalue weighted by Gasteiger charge is -2.12. The maximum atomic E-state index is 12.6. The Hall–Kier alpha value is -0.550. The van der Waals surface area contributed by atoms with Gasteiger partial charge < -0.3 is 0 Å². The van der Waals surface area contributed by atoms with E-state index in [4.69, 9.17) is 11.6 Å². The predicted molar refractivity (Wildman–Crippen MR) is 59.1 cm³/mol. The second kappa shape index (κ2) is 5.19. The standard InChI is InChI=1S/C10H7BrClF3O/c11-4-3-6-1-2-7(9(12)16)5-8(6)10(13,14)15/h1-2,5H,3-4H2. The van der Waals surface area contributed by atoms with Crippen LogP contribution in [0.5, 0.6) is 0 Å². The van der Waals surface area contributed by atoms with Gasteiger partial charge in [0.05, 0.1) is 5.56 Å². The van der Waals surface area contributed by atoms with E-state index in [0.29, 0.717) is 5.33 Å². The highest BCUT2D eigenvalue weighted by Gasteiger charge is 2.33. The molecule has 1 rings (SSSR count). The first-order valence-electron chi connectivity index (χ1n) is 4.32. The predicted octanol–water partition coefficient (Wildman–Crippen LogP) is 4.02. The molecule has 0 aliphatic carbocycles. The van der Waals surface area contributed by atoms with Crippen molar-refractivity contribution >= 4 is 32.8 Å². The number of carbonyl (C=O) groups is 1. The van der Waals surface area contributed by atoms with E-state index in [0.717, 1.165) is 6.07 Å². The van der Waals surface area contributed by atoms with Crippen molar-refractivity contribution in [2.24, 2.45) is 0 Å². The monoisotopic (exact) mass is 314 g/mol. The second-order valence-corrected chi connectivity index (χ2v) is 4.22. The summed E-state index contributed by atoms with van der Waals surface area (Å²) in [5.41, 5.74) is -0.809. The van der Waals surface area contributed by atoms with E-state index in [-0.39, 0.29) is 17.5 Å². The van der Waals surface area contributed by atoms with E-state index in [1.54, 1.807) is 0 Å². The van der Waals surface area contributed by atoms with Crippen LogP contribution in [0.2, 0.25) is 0 Å². The van der Waals surface area contributed by atoms with Crippen LogP contribution in [0, 0.1) is 0 Å². The summed E-state index contributed by atoms with van der Waals surface area (Å²) in [6.45, 7) is 0. The molecule has 0 bridgehead atoms. The molecule has 1 aromatic carbocycles. The van der Waals surface area contributed by atoms with Crippen molar-refractivity contribution in [1.29, 1.82) is 0 Å². The van der Waals surface area contributed by atoms with Gasteiger partial charge in [0.2, 0.25) is 0 Å². The molecule has 0 N–H and O–H groups in total. The molecule has 0 saturated heterocycles. The minimum absolute atomic E-state index is 0.144.